The molecule has 0 aliphatic heterocycles. The number of halogens is 2. The van der Waals surface area contributed by atoms with E-state index in [4.69, 9.17) is 4.74 Å². The lowest BCUT2D eigenvalue weighted by molar-refractivity contribution is 0.0791. The number of amides is 1. The molecule has 2 aromatic heterocycles. The summed E-state index contributed by atoms with van der Waals surface area (Å²) in [5.41, 5.74) is 3.14. The van der Waals surface area contributed by atoms with Crippen LogP contribution in [0.25, 0.3) is 10.9 Å². The van der Waals surface area contributed by atoms with Crippen LogP contribution in [0.15, 0.2) is 48.9 Å². The number of carboxylic acid groups (broad SMARTS) is 1. The normalized spacial score (nSPS) is 12.7. The van der Waals surface area contributed by atoms with Crippen molar-refractivity contribution in [1.29, 1.82) is 0 Å². The maximum Gasteiger partial charge on any atom is 0.405 e. The third-order valence-corrected chi connectivity index (χ3v) is 7.90. The number of fused-ring (bicyclic) bond motifs is 1. The van der Waals surface area contributed by atoms with E-state index in [2.05, 4.69) is 35.0 Å². The van der Waals surface area contributed by atoms with Crippen molar-refractivity contribution in [2.24, 2.45) is 0 Å². The van der Waals surface area contributed by atoms with Gasteiger partial charge in [-0.05, 0) is 47.9 Å². The van der Waals surface area contributed by atoms with Crippen molar-refractivity contribution in [2.45, 2.75) is 58.3 Å². The fourth-order valence-electron chi connectivity index (χ4n) is 4.41. The molecule has 2 aromatic carbocycles. The minimum absolute atomic E-state index is 0.143. The van der Waals surface area contributed by atoms with Crippen molar-refractivity contribution in [3.63, 3.8) is 0 Å². The Labute approximate surface area is 221 Å². The maximum absolute atomic E-state index is 13.7. The summed E-state index contributed by atoms with van der Waals surface area (Å²) >= 11 is 0. The summed E-state index contributed by atoms with van der Waals surface area (Å²) in [5, 5.41) is 17.7. The molecule has 0 bridgehead atoms. The molecule has 0 fully saturated rings. The fraction of sp³-hybridized carbons (Fsp3) is 0.370. The molecule has 0 radical (unpaired) electrons. The number of aromatic nitrogens is 4. The topological polar surface area (TPSA) is 94.2 Å². The molecule has 0 spiro atoms. The Balaban J connectivity index is 1.54. The Morgan fingerprint density at radius 1 is 1.13 bits per heavy atom. The zero-order chi connectivity index (χ0) is 27.4. The molecule has 0 saturated heterocycles. The van der Waals surface area contributed by atoms with Crippen molar-refractivity contribution in [1.82, 2.24) is 24.6 Å². The van der Waals surface area contributed by atoms with Gasteiger partial charge in [0.05, 0.1) is 11.6 Å². The molecule has 38 heavy (non-hydrogen) atoms. The maximum atomic E-state index is 13.7. The first-order valence-corrected chi connectivity index (χ1v) is 16.2. The first-order chi connectivity index (χ1) is 18.0. The van der Waals surface area contributed by atoms with E-state index < -0.39 is 31.8 Å². The number of nitrogens with zero attached hydrogens (tertiary/aromatic N) is 4. The van der Waals surface area contributed by atoms with Crippen LogP contribution in [0.4, 0.5) is 13.6 Å². The second-order valence-electron chi connectivity index (χ2n) is 10.8. The summed E-state index contributed by atoms with van der Waals surface area (Å²) in [6.07, 6.45) is 4.27. The van der Waals surface area contributed by atoms with E-state index in [1.54, 1.807) is 21.6 Å². The summed E-state index contributed by atoms with van der Waals surface area (Å²) in [7, 11) is -1.17. The third kappa shape index (κ3) is 7.26. The Hall–Kier alpha value is -3.57. The lowest BCUT2D eigenvalue weighted by atomic mass is 10.0. The van der Waals surface area contributed by atoms with Gasteiger partial charge in [0.1, 0.15) is 24.2 Å². The number of rotatable bonds is 11. The van der Waals surface area contributed by atoms with Gasteiger partial charge in [-0.3, -0.25) is 0 Å². The second-order valence-corrected chi connectivity index (χ2v) is 16.4. The molecule has 202 valence electrons. The van der Waals surface area contributed by atoms with Gasteiger partial charge < -0.3 is 19.7 Å². The van der Waals surface area contributed by atoms with Crippen LogP contribution in [0.2, 0.25) is 25.7 Å². The molecule has 2 heterocycles. The van der Waals surface area contributed by atoms with Gasteiger partial charge >= 0.3 is 6.09 Å². The van der Waals surface area contributed by atoms with E-state index in [1.807, 2.05) is 25.3 Å². The first kappa shape index (κ1) is 27.5. The number of aryl methyl sites for hydroxylation is 1. The van der Waals surface area contributed by atoms with Gasteiger partial charge in [-0.25, -0.2) is 23.2 Å². The molecule has 1 atom stereocenters. The van der Waals surface area contributed by atoms with Crippen LogP contribution in [-0.4, -0.2) is 45.2 Å². The molecule has 8 nitrogen and oxygen atoms in total. The summed E-state index contributed by atoms with van der Waals surface area (Å²) in [6, 6.07) is 7.67. The number of ether oxygens (including phenoxy) is 1. The highest BCUT2D eigenvalue weighted by Crippen LogP contribution is 2.25. The van der Waals surface area contributed by atoms with E-state index in [0.29, 0.717) is 31.1 Å². The Morgan fingerprint density at radius 3 is 2.55 bits per heavy atom. The predicted molar refractivity (Wildman–Crippen MR) is 144 cm³/mol. The van der Waals surface area contributed by atoms with Crippen LogP contribution in [-0.2, 0) is 24.4 Å². The van der Waals surface area contributed by atoms with Gasteiger partial charge in [0, 0.05) is 57.7 Å². The van der Waals surface area contributed by atoms with Crippen LogP contribution in [0, 0.1) is 18.6 Å². The fourth-order valence-corrected chi connectivity index (χ4v) is 5.17. The van der Waals surface area contributed by atoms with Gasteiger partial charge in [0.2, 0.25) is 0 Å². The number of carbonyl (C=O) groups is 1. The van der Waals surface area contributed by atoms with E-state index in [-0.39, 0.29) is 6.54 Å². The van der Waals surface area contributed by atoms with Gasteiger partial charge in [0.25, 0.3) is 0 Å². The van der Waals surface area contributed by atoms with Gasteiger partial charge in [-0.1, -0.05) is 25.7 Å². The molecular weight excluding hydrogens is 508 g/mol. The van der Waals surface area contributed by atoms with Crippen LogP contribution in [0.1, 0.15) is 28.6 Å². The largest absolute Gasteiger partial charge is 0.465 e. The van der Waals surface area contributed by atoms with Crippen molar-refractivity contribution in [2.75, 3.05) is 6.61 Å². The summed E-state index contributed by atoms with van der Waals surface area (Å²) in [6.45, 7) is 10.1. The van der Waals surface area contributed by atoms with Crippen LogP contribution < -0.4 is 5.32 Å². The van der Waals surface area contributed by atoms with Gasteiger partial charge in [-0.15, -0.1) is 0 Å². The van der Waals surface area contributed by atoms with Crippen molar-refractivity contribution in [3.8, 4) is 0 Å². The Kier molecular flexibility index (Phi) is 8.27. The Morgan fingerprint density at radius 2 is 1.87 bits per heavy atom. The molecule has 4 rings (SSSR count). The number of benzene rings is 2. The molecule has 0 aliphatic carbocycles. The predicted octanol–water partition coefficient (Wildman–Crippen LogP) is 5.73. The average Bonchev–Trinajstić information content (AvgIpc) is 3.42. The molecular formula is C27H33F2N5O3Si. The van der Waals surface area contributed by atoms with Crippen LogP contribution in [0.5, 0.6) is 0 Å². The van der Waals surface area contributed by atoms with Crippen molar-refractivity contribution >= 4 is 25.1 Å². The average molecular weight is 542 g/mol. The van der Waals surface area contributed by atoms with E-state index in [9.17, 15) is 18.7 Å². The monoisotopic (exact) mass is 541 g/mol. The van der Waals surface area contributed by atoms with Gasteiger partial charge in [0.15, 0.2) is 0 Å². The zero-order valence-corrected chi connectivity index (χ0v) is 23.0. The molecule has 11 heteroatoms. The lowest BCUT2D eigenvalue weighted by Gasteiger charge is -2.19. The highest BCUT2D eigenvalue weighted by atomic mass is 28.3. The van der Waals surface area contributed by atoms with Crippen molar-refractivity contribution < 1.29 is 23.4 Å². The quantitative estimate of drug-likeness (QED) is 0.187. The number of nitrogens with one attached hydrogen (secondary N) is 1. The summed E-state index contributed by atoms with van der Waals surface area (Å²) in [4.78, 5) is 16.0. The molecule has 2 N–H and O–H groups in total. The van der Waals surface area contributed by atoms with E-state index in [0.717, 1.165) is 34.1 Å². The minimum Gasteiger partial charge on any atom is -0.465 e. The summed E-state index contributed by atoms with van der Waals surface area (Å²) < 4.78 is 36.7. The first-order valence-electron chi connectivity index (χ1n) is 12.5. The third-order valence-electron chi connectivity index (χ3n) is 6.20. The highest BCUT2D eigenvalue weighted by molar-refractivity contribution is 6.76. The molecule has 4 aromatic rings. The molecule has 0 saturated carbocycles. The second kappa shape index (κ2) is 11.4. The Bertz CT molecular complexity index is 1410. The zero-order valence-electron chi connectivity index (χ0n) is 22.0. The SMILES string of the molecule is Cc1cc(CC(NC(=O)O)c2nccn2Cc2cc(F)cc(F)c2)cc2cn(COCC[Si](C)(C)C)nc12. The van der Waals surface area contributed by atoms with Crippen molar-refractivity contribution in [3.05, 3.63) is 83.1 Å². The molecule has 1 amide bonds. The van der Waals surface area contributed by atoms with Crippen LogP contribution >= 0.6 is 0 Å². The lowest BCUT2D eigenvalue weighted by Crippen LogP contribution is -2.30. The standard InChI is InChI=1S/C27H33F2N5O3Si/c1-18-9-19(10-21-16-34(32-25(18)21)17-37-7-8-38(2,3)4)13-24(31-27(35)36)26-30-5-6-33(26)15-20-11-22(28)14-23(29)12-20/h5-6,9-12,14,16,24,31H,7-8,13,15,17H2,1-4H3,(H,35,36). The van der Waals surface area contributed by atoms with Crippen LogP contribution in [0.3, 0.4) is 0 Å². The minimum atomic E-state index is -1.19. The molecule has 0 aliphatic rings. The van der Waals surface area contributed by atoms with E-state index in [1.165, 1.54) is 12.1 Å². The smallest absolute Gasteiger partial charge is 0.405 e. The molecule has 1 unspecified atom stereocenters. The number of imidazole rings is 1. The number of hydrogen-bond acceptors (Lipinski definition) is 4. The van der Waals surface area contributed by atoms with Gasteiger partial charge in [-0.2, -0.15) is 5.10 Å². The summed E-state index contributed by atoms with van der Waals surface area (Å²) in [5.74, 6) is -0.901. The highest BCUT2D eigenvalue weighted by Gasteiger charge is 2.21. The number of hydrogen-bond donors (Lipinski definition) is 2. The van der Waals surface area contributed by atoms with E-state index >= 15 is 0 Å².